The van der Waals surface area contributed by atoms with Crippen LogP contribution in [0.25, 0.3) is 0 Å². The summed E-state index contributed by atoms with van der Waals surface area (Å²) in [6.07, 6.45) is -4.54. The molecule has 0 saturated heterocycles. The summed E-state index contributed by atoms with van der Waals surface area (Å²) in [4.78, 5) is 18.3. The highest BCUT2D eigenvalue weighted by Gasteiger charge is 2.32. The van der Waals surface area contributed by atoms with Crippen LogP contribution in [0, 0.1) is 0 Å². The van der Waals surface area contributed by atoms with E-state index in [0.29, 0.717) is 12.1 Å². The van der Waals surface area contributed by atoms with Gasteiger partial charge in [-0.05, 0) is 32.0 Å². The minimum Gasteiger partial charge on any atom is -0.315 e. The number of rotatable bonds is 5. The minimum atomic E-state index is -4.56. The van der Waals surface area contributed by atoms with Crippen molar-refractivity contribution in [1.29, 1.82) is 0 Å². The smallest absolute Gasteiger partial charge is 0.315 e. The molecule has 0 fully saturated rings. The molecule has 120 valence electrons. The lowest BCUT2D eigenvalue weighted by molar-refractivity contribution is -0.137. The van der Waals surface area contributed by atoms with E-state index in [0.717, 1.165) is 22.3 Å². The summed E-state index contributed by atoms with van der Waals surface area (Å²) in [7, 11) is -4.56. The Bertz CT molecular complexity index is 553. The zero-order valence-corrected chi connectivity index (χ0v) is 13.4. The Kier molecular flexibility index (Phi) is 5.99. The Labute approximate surface area is 129 Å². The third kappa shape index (κ3) is 5.36. The van der Waals surface area contributed by atoms with Crippen LogP contribution in [0.2, 0.25) is 5.02 Å². The predicted molar refractivity (Wildman–Crippen MR) is 76.7 cm³/mol. The molecule has 11 heteroatoms. The lowest BCUT2D eigenvalue weighted by Gasteiger charge is -2.25. The predicted octanol–water partition coefficient (Wildman–Crippen LogP) is 4.14. The summed E-state index contributed by atoms with van der Waals surface area (Å²) in [6, 6.07) is 2.10. The molecule has 3 N–H and O–H groups in total. The highest BCUT2D eigenvalue weighted by atomic mass is 35.5. The molecule has 0 heterocycles. The minimum absolute atomic E-state index is 0.00455. The second-order valence-electron chi connectivity index (χ2n) is 4.30. The number of hydrogen-bond donors (Lipinski definition) is 3. The SMILES string of the molecule is CC(C)N(SNc1cc(C(F)(F)F)ccc1Cl)P(=O)(O)O. The number of hydrogen-bond acceptors (Lipinski definition) is 3. The van der Waals surface area contributed by atoms with Crippen molar-refractivity contribution < 1.29 is 27.5 Å². The molecule has 21 heavy (non-hydrogen) atoms. The van der Waals surface area contributed by atoms with Crippen molar-refractivity contribution in [3.63, 3.8) is 0 Å². The molecule has 0 saturated carbocycles. The number of halogens is 4. The Morgan fingerprint density at radius 3 is 2.38 bits per heavy atom. The van der Waals surface area contributed by atoms with Crippen molar-refractivity contribution >= 4 is 37.2 Å². The van der Waals surface area contributed by atoms with Crippen molar-refractivity contribution in [1.82, 2.24) is 4.08 Å². The van der Waals surface area contributed by atoms with Gasteiger partial charge >= 0.3 is 13.9 Å². The lowest BCUT2D eigenvalue weighted by atomic mass is 10.2. The number of benzene rings is 1. The fourth-order valence-corrected chi connectivity index (χ4v) is 3.28. The van der Waals surface area contributed by atoms with Crippen LogP contribution in [0.3, 0.4) is 0 Å². The molecule has 0 atom stereocenters. The quantitative estimate of drug-likeness (QED) is 0.539. The van der Waals surface area contributed by atoms with Gasteiger partial charge in [0.1, 0.15) is 0 Å². The van der Waals surface area contributed by atoms with Crippen molar-refractivity contribution in [3.8, 4) is 0 Å². The van der Waals surface area contributed by atoms with Gasteiger partial charge in [-0.2, -0.15) is 13.2 Å². The number of alkyl halides is 3. The van der Waals surface area contributed by atoms with Gasteiger partial charge in [0.15, 0.2) is 0 Å². The number of nitrogens with zero attached hydrogens (tertiary/aromatic N) is 1. The van der Waals surface area contributed by atoms with Crippen LogP contribution in [-0.4, -0.2) is 19.9 Å². The first-order valence-corrected chi connectivity index (χ1v) is 8.29. The molecular formula is C10H13ClF3N2O3PS. The first kappa shape index (κ1) is 18.6. The van der Waals surface area contributed by atoms with Crippen LogP contribution >= 0.6 is 31.5 Å². The summed E-state index contributed by atoms with van der Waals surface area (Å²) in [6.45, 7) is 3.06. The molecule has 1 aromatic carbocycles. The summed E-state index contributed by atoms with van der Waals surface area (Å²) in [5.74, 6) is 0. The van der Waals surface area contributed by atoms with Gasteiger partial charge in [-0.15, -0.1) is 4.08 Å². The topological polar surface area (TPSA) is 72.8 Å². The monoisotopic (exact) mass is 364 g/mol. The van der Waals surface area contributed by atoms with E-state index in [9.17, 15) is 17.7 Å². The van der Waals surface area contributed by atoms with E-state index in [-0.39, 0.29) is 10.7 Å². The average Bonchev–Trinajstić information content (AvgIpc) is 2.27. The van der Waals surface area contributed by atoms with Gasteiger partial charge in [0, 0.05) is 18.2 Å². The molecular weight excluding hydrogens is 352 g/mol. The van der Waals surface area contributed by atoms with Gasteiger partial charge in [-0.25, -0.2) is 4.57 Å². The van der Waals surface area contributed by atoms with Crippen molar-refractivity contribution in [2.24, 2.45) is 0 Å². The largest absolute Gasteiger partial charge is 0.416 e. The maximum Gasteiger partial charge on any atom is 0.416 e. The van der Waals surface area contributed by atoms with Crippen molar-refractivity contribution in [3.05, 3.63) is 28.8 Å². The van der Waals surface area contributed by atoms with Crippen LogP contribution in [0.15, 0.2) is 18.2 Å². The van der Waals surface area contributed by atoms with E-state index in [2.05, 4.69) is 4.72 Å². The molecule has 1 aromatic rings. The fourth-order valence-electron chi connectivity index (χ4n) is 1.34. The highest BCUT2D eigenvalue weighted by Crippen LogP contribution is 2.47. The van der Waals surface area contributed by atoms with Gasteiger partial charge in [-0.1, -0.05) is 11.6 Å². The van der Waals surface area contributed by atoms with Crippen molar-refractivity contribution in [2.75, 3.05) is 4.72 Å². The van der Waals surface area contributed by atoms with Gasteiger partial charge in [0.05, 0.1) is 16.3 Å². The molecule has 0 radical (unpaired) electrons. The van der Waals surface area contributed by atoms with Gasteiger partial charge in [-0.3, -0.25) is 0 Å². The van der Waals surface area contributed by atoms with E-state index in [1.54, 1.807) is 0 Å². The van der Waals surface area contributed by atoms with Gasteiger partial charge < -0.3 is 14.5 Å². The summed E-state index contributed by atoms with van der Waals surface area (Å²) >= 11 is 6.26. The number of anilines is 1. The zero-order valence-electron chi connectivity index (χ0n) is 10.9. The molecule has 0 amide bonds. The summed E-state index contributed by atoms with van der Waals surface area (Å²) in [5, 5.41) is 0.00455. The Morgan fingerprint density at radius 2 is 1.95 bits per heavy atom. The van der Waals surface area contributed by atoms with Crippen LogP contribution in [0.5, 0.6) is 0 Å². The molecule has 0 aliphatic rings. The summed E-state index contributed by atoms with van der Waals surface area (Å²) < 4.78 is 52.2. The maximum atomic E-state index is 12.6. The molecule has 0 aromatic heterocycles. The molecule has 0 aliphatic heterocycles. The standard InChI is InChI=1S/C10H13ClF3N2O3PS/c1-6(2)16(20(17,18)19)21-15-9-5-7(10(12,13)14)3-4-8(9)11/h3-6,15H,1-2H3,(H2,17,18,19). The second-order valence-corrected chi connectivity index (χ2v) is 7.21. The lowest BCUT2D eigenvalue weighted by Crippen LogP contribution is -2.22. The Balaban J connectivity index is 2.95. The van der Waals surface area contributed by atoms with E-state index < -0.39 is 25.5 Å². The Morgan fingerprint density at radius 1 is 1.38 bits per heavy atom. The first-order chi connectivity index (χ1) is 9.43. The summed E-state index contributed by atoms with van der Waals surface area (Å²) in [5.41, 5.74) is -1.00. The average molecular weight is 365 g/mol. The fraction of sp³-hybridized carbons (Fsp3) is 0.400. The first-order valence-electron chi connectivity index (χ1n) is 5.58. The van der Waals surface area contributed by atoms with E-state index in [1.807, 2.05) is 0 Å². The number of nitrogens with one attached hydrogen (secondary N) is 1. The normalized spacial score (nSPS) is 13.0. The maximum absolute atomic E-state index is 12.6. The Hall–Kier alpha value is -0.440. The van der Waals surface area contributed by atoms with Crippen LogP contribution in [0.4, 0.5) is 18.9 Å². The molecule has 0 bridgehead atoms. The molecule has 0 spiro atoms. The second kappa shape index (κ2) is 6.76. The van der Waals surface area contributed by atoms with E-state index >= 15 is 0 Å². The van der Waals surface area contributed by atoms with E-state index in [1.165, 1.54) is 13.8 Å². The molecule has 0 unspecified atom stereocenters. The molecule has 5 nitrogen and oxygen atoms in total. The third-order valence-corrected chi connectivity index (χ3v) is 5.35. The zero-order chi connectivity index (χ0) is 16.4. The van der Waals surface area contributed by atoms with E-state index in [4.69, 9.17) is 21.4 Å². The van der Waals surface area contributed by atoms with Gasteiger partial charge in [0.25, 0.3) is 0 Å². The van der Waals surface area contributed by atoms with Crippen molar-refractivity contribution in [2.45, 2.75) is 26.1 Å². The van der Waals surface area contributed by atoms with Crippen LogP contribution in [0.1, 0.15) is 19.4 Å². The van der Waals surface area contributed by atoms with Gasteiger partial charge in [0.2, 0.25) is 0 Å². The highest BCUT2D eigenvalue weighted by molar-refractivity contribution is 8.02. The molecule has 0 aliphatic carbocycles. The van der Waals surface area contributed by atoms with Crippen LogP contribution < -0.4 is 4.72 Å². The third-order valence-electron chi connectivity index (χ3n) is 2.24. The van der Waals surface area contributed by atoms with Crippen LogP contribution in [-0.2, 0) is 10.7 Å². The molecule has 1 rings (SSSR count).